The quantitative estimate of drug-likeness (QED) is 0.147. The molecule has 1 saturated heterocycles. The first-order valence-electron chi connectivity index (χ1n) is 23.0. The zero-order chi connectivity index (χ0) is 46.7. The van der Waals surface area contributed by atoms with Crippen molar-refractivity contribution in [3.05, 3.63) is 140 Å². The summed E-state index contributed by atoms with van der Waals surface area (Å²) in [7, 11) is 1.65. The number of fused-ring (bicyclic) bond motifs is 3. The molecule has 5 aromatic heterocycles. The molecule has 0 radical (unpaired) electrons. The van der Waals surface area contributed by atoms with Gasteiger partial charge in [0.25, 0.3) is 5.91 Å². The van der Waals surface area contributed by atoms with Gasteiger partial charge in [-0.25, -0.2) is 18.7 Å². The molecule has 4 atom stereocenters. The van der Waals surface area contributed by atoms with Gasteiger partial charge >= 0.3 is 11.4 Å². The summed E-state index contributed by atoms with van der Waals surface area (Å²) in [5, 5.41) is 15.6. The molecule has 8 aromatic rings. The average Bonchev–Trinajstić information content (AvgIpc) is 3.95. The molecule has 0 spiro atoms. The summed E-state index contributed by atoms with van der Waals surface area (Å²) in [5.74, 6) is -0.0532. The Morgan fingerprint density at radius 2 is 1.72 bits per heavy atom. The first kappa shape index (κ1) is 42.8. The second-order valence-electron chi connectivity index (χ2n) is 19.3. The lowest BCUT2D eigenvalue weighted by molar-refractivity contribution is -0.0592. The number of hydrogen-bond acceptors (Lipinski definition) is 9. The third kappa shape index (κ3) is 6.83. The molecule has 3 aliphatic rings. The van der Waals surface area contributed by atoms with Crippen molar-refractivity contribution in [2.45, 2.75) is 96.9 Å². The molecule has 17 heteroatoms. The van der Waals surface area contributed by atoms with Crippen LogP contribution in [0.2, 0.25) is 0 Å². The maximum atomic E-state index is 15.6. The van der Waals surface area contributed by atoms with E-state index < -0.39 is 17.3 Å². The van der Waals surface area contributed by atoms with Crippen LogP contribution in [0.4, 0.5) is 4.39 Å². The van der Waals surface area contributed by atoms with Crippen molar-refractivity contribution in [3.8, 4) is 17.2 Å². The number of imidazole rings is 1. The number of halogens is 1. The molecule has 1 amide bonds. The molecule has 7 heterocycles. The smallest absolute Gasteiger partial charge is 0.383 e. The molecular formula is C50H53FN10O6. The van der Waals surface area contributed by atoms with Gasteiger partial charge in [-0.15, -0.1) is 0 Å². The Morgan fingerprint density at radius 1 is 0.955 bits per heavy atom. The summed E-state index contributed by atoms with van der Waals surface area (Å²) in [4.78, 5) is 47.5. The first-order chi connectivity index (χ1) is 32.2. The van der Waals surface area contributed by atoms with Crippen molar-refractivity contribution in [2.75, 3.05) is 26.9 Å². The molecule has 11 rings (SSSR count). The lowest BCUT2D eigenvalue weighted by atomic mass is 9.83. The largest absolute Gasteiger partial charge is 0.438 e. The SMILES string of the molecule is COCCn1ncc2cc(-n3ccn(-c4c5c(nn4-c4cc(C)c(F)c(C)c4)CCN(C(=O)c4cc6cc(C7CCOC(C)(C)C7)ccc6n4[C@@]4(c6noc(=O)[nH]6)C[C@@H]4C)[C@H]5C)c3=O)ccc21. The molecule has 346 valence electrons. The number of hydrogen-bond donors (Lipinski definition) is 1. The number of aryl methyl sites for hydroxylation is 2. The standard InChI is InChI=1S/C50H53FN10O6/c1-28-20-37(21-29(2)43(28)51)61-44(58-16-15-57(48(58)64)36-9-11-39-35(23-36)27-52-59(39)17-19-65-7)42-31(4)56(14-12-38(42)54-61)45(62)41-24-34-22-32(33-13-18-66-49(5,6)26-33)8-10-40(34)60(41)50(25-30(50)3)46-53-47(63)67-55-46/h8-11,15-16,20-24,27,30-31,33H,12-14,17-19,25-26H2,1-7H3,(H,53,55,63)/t30-,31-,33?,50-/m0/s1. The van der Waals surface area contributed by atoms with Crippen LogP contribution >= 0.6 is 0 Å². The Bertz CT molecular complexity index is 3380. The molecule has 1 unspecified atom stereocenters. The van der Waals surface area contributed by atoms with Crippen molar-refractivity contribution in [3.63, 3.8) is 0 Å². The van der Waals surface area contributed by atoms with E-state index >= 15 is 9.18 Å². The van der Waals surface area contributed by atoms with Gasteiger partial charge in [0.1, 0.15) is 22.9 Å². The second kappa shape index (κ2) is 15.6. The molecule has 2 aliphatic heterocycles. The fourth-order valence-electron chi connectivity index (χ4n) is 11.0. The van der Waals surface area contributed by atoms with Crippen LogP contribution in [-0.2, 0) is 28.0 Å². The summed E-state index contributed by atoms with van der Waals surface area (Å²) < 4.78 is 40.3. The summed E-state index contributed by atoms with van der Waals surface area (Å²) in [5.41, 5.74) is 5.52. The maximum absolute atomic E-state index is 15.6. The lowest BCUT2D eigenvalue weighted by Gasteiger charge is -2.35. The van der Waals surface area contributed by atoms with Crippen LogP contribution in [0.5, 0.6) is 0 Å². The van der Waals surface area contributed by atoms with Crippen LogP contribution in [0, 0.1) is 25.6 Å². The van der Waals surface area contributed by atoms with Crippen LogP contribution in [-0.4, -0.2) is 86.7 Å². The van der Waals surface area contributed by atoms with E-state index in [4.69, 9.17) is 19.1 Å². The molecular weight excluding hydrogens is 856 g/mol. The average molecular weight is 909 g/mol. The number of ether oxygens (including phenoxy) is 2. The van der Waals surface area contributed by atoms with Gasteiger partial charge in [0.05, 0.1) is 53.6 Å². The number of benzene rings is 3. The van der Waals surface area contributed by atoms with Crippen molar-refractivity contribution >= 4 is 27.7 Å². The van der Waals surface area contributed by atoms with E-state index in [9.17, 15) is 9.59 Å². The van der Waals surface area contributed by atoms with Crippen LogP contribution in [0.25, 0.3) is 39.0 Å². The Morgan fingerprint density at radius 3 is 2.43 bits per heavy atom. The molecule has 1 saturated carbocycles. The van der Waals surface area contributed by atoms with Gasteiger partial charge in [-0.05, 0) is 131 Å². The van der Waals surface area contributed by atoms with E-state index in [1.54, 1.807) is 65.5 Å². The van der Waals surface area contributed by atoms with Crippen LogP contribution in [0.1, 0.15) is 103 Å². The van der Waals surface area contributed by atoms with Gasteiger partial charge in [0.2, 0.25) is 0 Å². The summed E-state index contributed by atoms with van der Waals surface area (Å²) in [6.07, 6.45) is 8.00. The normalized spacial score (nSPS) is 21.4. The number of carbonyl (C=O) groups excluding carboxylic acids is 1. The highest BCUT2D eigenvalue weighted by Crippen LogP contribution is 2.56. The molecule has 0 bridgehead atoms. The van der Waals surface area contributed by atoms with Gasteiger partial charge < -0.3 is 18.9 Å². The fourth-order valence-corrected chi connectivity index (χ4v) is 11.0. The van der Waals surface area contributed by atoms with E-state index in [0.29, 0.717) is 84.5 Å². The van der Waals surface area contributed by atoms with Gasteiger partial charge in [0.15, 0.2) is 5.82 Å². The predicted molar refractivity (Wildman–Crippen MR) is 248 cm³/mol. The van der Waals surface area contributed by atoms with Crippen molar-refractivity contribution in [1.29, 1.82) is 0 Å². The summed E-state index contributed by atoms with van der Waals surface area (Å²) >= 11 is 0. The minimum Gasteiger partial charge on any atom is -0.383 e. The summed E-state index contributed by atoms with van der Waals surface area (Å²) in [6, 6.07) is 17.0. The van der Waals surface area contributed by atoms with E-state index in [-0.39, 0.29) is 34.9 Å². The number of H-pyrrole nitrogens is 1. The number of rotatable bonds is 10. The molecule has 1 N–H and O–H groups in total. The number of aromatic nitrogens is 9. The minimum atomic E-state index is -0.832. The number of amides is 1. The fraction of sp³-hybridized carbons (Fsp3) is 0.400. The van der Waals surface area contributed by atoms with Gasteiger partial charge in [-0.1, -0.05) is 18.1 Å². The maximum Gasteiger partial charge on any atom is 0.438 e. The predicted octanol–water partition coefficient (Wildman–Crippen LogP) is 7.41. The van der Waals surface area contributed by atoms with Crippen molar-refractivity contribution in [1.82, 2.24) is 48.3 Å². The van der Waals surface area contributed by atoms with E-state index in [0.717, 1.165) is 40.3 Å². The van der Waals surface area contributed by atoms with Crippen LogP contribution in [0.15, 0.2) is 87.3 Å². The second-order valence-corrected chi connectivity index (χ2v) is 19.3. The monoisotopic (exact) mass is 908 g/mol. The highest BCUT2D eigenvalue weighted by molar-refractivity contribution is 6.00. The number of nitrogens with zero attached hydrogens (tertiary/aromatic N) is 9. The number of nitrogens with one attached hydrogen (secondary N) is 1. The molecule has 16 nitrogen and oxygen atoms in total. The number of carbonyl (C=O) groups is 1. The number of aromatic amines is 1. The Labute approximate surface area is 384 Å². The van der Waals surface area contributed by atoms with Gasteiger partial charge in [-0.2, -0.15) is 10.2 Å². The van der Waals surface area contributed by atoms with E-state index in [1.807, 2.05) is 40.8 Å². The highest BCUT2D eigenvalue weighted by Gasteiger charge is 2.59. The molecule has 3 aromatic carbocycles. The topological polar surface area (TPSA) is 165 Å². The molecule has 2 fully saturated rings. The zero-order valence-corrected chi connectivity index (χ0v) is 38.7. The van der Waals surface area contributed by atoms with Crippen molar-refractivity contribution < 1.29 is 23.2 Å². The van der Waals surface area contributed by atoms with Crippen molar-refractivity contribution in [2.24, 2.45) is 5.92 Å². The van der Waals surface area contributed by atoms with E-state index in [1.165, 1.54) is 5.56 Å². The number of methoxy groups -OCH3 is 1. The Kier molecular flexibility index (Phi) is 9.97. The minimum absolute atomic E-state index is 0.0210. The molecule has 1 aliphatic carbocycles. The van der Waals surface area contributed by atoms with Gasteiger partial charge in [-0.3, -0.25) is 28.1 Å². The van der Waals surface area contributed by atoms with Gasteiger partial charge in [0, 0.05) is 60.9 Å². The Hall–Kier alpha value is -6.85. The third-order valence-electron chi connectivity index (χ3n) is 14.5. The van der Waals surface area contributed by atoms with E-state index in [2.05, 4.69) is 58.8 Å². The highest BCUT2D eigenvalue weighted by atomic mass is 19.1. The Balaban J connectivity index is 1.04. The van der Waals surface area contributed by atoms with Crippen LogP contribution in [0.3, 0.4) is 0 Å². The van der Waals surface area contributed by atoms with Crippen LogP contribution < -0.4 is 11.4 Å². The zero-order valence-electron chi connectivity index (χ0n) is 38.7. The third-order valence-corrected chi connectivity index (χ3v) is 14.5. The summed E-state index contributed by atoms with van der Waals surface area (Å²) in [6.45, 7) is 13.8. The molecule has 67 heavy (non-hydrogen) atoms. The first-order valence-corrected chi connectivity index (χ1v) is 23.0. The lowest BCUT2D eigenvalue weighted by Crippen LogP contribution is -2.41.